The molecular formula is C15H7Cl2N3OS2. The van der Waals surface area contributed by atoms with Crippen molar-refractivity contribution < 1.29 is 0 Å². The van der Waals surface area contributed by atoms with Crippen LogP contribution in [0.4, 0.5) is 0 Å². The van der Waals surface area contributed by atoms with Crippen molar-refractivity contribution in [1.29, 1.82) is 0 Å². The molecule has 4 nitrogen and oxygen atoms in total. The molecule has 0 radical (unpaired) electrons. The molecule has 3 heterocycles. The smallest absolute Gasteiger partial charge is 0.266 e. The number of thiophene rings is 1. The Labute approximate surface area is 148 Å². The number of halogens is 2. The molecule has 0 unspecified atom stereocenters. The first-order chi connectivity index (χ1) is 11.1. The van der Waals surface area contributed by atoms with E-state index in [0.29, 0.717) is 30.9 Å². The van der Waals surface area contributed by atoms with Gasteiger partial charge in [-0.25, -0.2) is 0 Å². The van der Waals surface area contributed by atoms with Crippen LogP contribution in [0.1, 0.15) is 4.88 Å². The van der Waals surface area contributed by atoms with Crippen LogP contribution in [0.15, 0.2) is 40.5 Å². The highest BCUT2D eigenvalue weighted by Gasteiger charge is 2.14. The molecule has 23 heavy (non-hydrogen) atoms. The molecule has 0 fully saturated rings. The van der Waals surface area contributed by atoms with Crippen molar-refractivity contribution >= 4 is 56.9 Å². The van der Waals surface area contributed by atoms with Crippen LogP contribution in [-0.4, -0.2) is 14.6 Å². The minimum Gasteiger partial charge on any atom is -0.266 e. The number of nitrogens with zero attached hydrogens (tertiary/aromatic N) is 3. The number of benzene rings is 1. The molecule has 0 bridgehead atoms. The Bertz CT molecular complexity index is 1120. The lowest BCUT2D eigenvalue weighted by Crippen LogP contribution is -2.23. The molecular weight excluding hydrogens is 373 g/mol. The van der Waals surface area contributed by atoms with Crippen LogP contribution < -0.4 is 10.1 Å². The van der Waals surface area contributed by atoms with E-state index in [2.05, 4.69) is 10.1 Å². The van der Waals surface area contributed by atoms with Gasteiger partial charge >= 0.3 is 0 Å². The summed E-state index contributed by atoms with van der Waals surface area (Å²) in [5.41, 5.74) is 0.470. The van der Waals surface area contributed by atoms with Crippen LogP contribution >= 0.6 is 45.9 Å². The summed E-state index contributed by atoms with van der Waals surface area (Å²) >= 11 is 14.9. The largest absolute Gasteiger partial charge is 0.291 e. The highest BCUT2D eigenvalue weighted by molar-refractivity contribution is 7.15. The van der Waals surface area contributed by atoms with Crippen LogP contribution in [0.3, 0.4) is 0 Å². The predicted octanol–water partition coefficient (Wildman–Crippen LogP) is 3.73. The average Bonchev–Trinajstić information content (AvgIpc) is 3.20. The van der Waals surface area contributed by atoms with Gasteiger partial charge in [0.2, 0.25) is 4.96 Å². The van der Waals surface area contributed by atoms with Crippen LogP contribution in [0.2, 0.25) is 10.0 Å². The molecule has 4 aromatic rings. The first-order valence-corrected chi connectivity index (χ1v) is 8.97. The lowest BCUT2D eigenvalue weighted by molar-refractivity contribution is 0.937. The van der Waals surface area contributed by atoms with Crippen molar-refractivity contribution in [2.75, 3.05) is 0 Å². The van der Waals surface area contributed by atoms with Gasteiger partial charge in [-0.05, 0) is 35.7 Å². The molecule has 0 atom stereocenters. The Morgan fingerprint density at radius 3 is 2.78 bits per heavy atom. The highest BCUT2D eigenvalue weighted by Crippen LogP contribution is 2.28. The quantitative estimate of drug-likeness (QED) is 0.532. The van der Waals surface area contributed by atoms with Gasteiger partial charge < -0.3 is 0 Å². The monoisotopic (exact) mass is 379 g/mol. The minimum atomic E-state index is -0.178. The molecule has 8 heteroatoms. The average molecular weight is 380 g/mol. The fraction of sp³-hybridized carbons (Fsp3) is 0. The van der Waals surface area contributed by atoms with E-state index in [-0.39, 0.29) is 5.56 Å². The van der Waals surface area contributed by atoms with Crippen molar-refractivity contribution in [3.05, 3.63) is 65.5 Å². The van der Waals surface area contributed by atoms with Gasteiger partial charge in [-0.2, -0.15) is 9.50 Å². The maximum atomic E-state index is 12.4. The third kappa shape index (κ3) is 2.68. The lowest BCUT2D eigenvalue weighted by atomic mass is 10.2. The second kappa shape index (κ2) is 5.72. The Kier molecular flexibility index (Phi) is 3.69. The summed E-state index contributed by atoms with van der Waals surface area (Å²) in [7, 11) is 0. The Morgan fingerprint density at radius 2 is 2.09 bits per heavy atom. The summed E-state index contributed by atoms with van der Waals surface area (Å²) in [5, 5.41) is 7.24. The SMILES string of the molecule is O=c1c(=Cc2cccs2)sc2nc(-c3ccc(Cl)cc3Cl)nn12. The van der Waals surface area contributed by atoms with Crippen LogP contribution in [-0.2, 0) is 0 Å². The number of rotatable bonds is 2. The number of fused-ring (bicyclic) bond motifs is 1. The van der Waals surface area contributed by atoms with Crippen LogP contribution in [0, 0.1) is 0 Å². The number of thiazole rings is 1. The van der Waals surface area contributed by atoms with Crippen molar-refractivity contribution in [3.8, 4) is 11.4 Å². The standard InChI is InChI=1S/C15H7Cl2N3OS2/c16-8-3-4-10(11(17)6-8)13-18-15-20(19-13)14(21)12(23-15)7-9-2-1-5-22-9/h1-7H. The molecule has 1 aromatic carbocycles. The molecule has 3 aromatic heterocycles. The van der Waals surface area contributed by atoms with Crippen LogP contribution in [0.5, 0.6) is 0 Å². The lowest BCUT2D eigenvalue weighted by Gasteiger charge is -1.98. The van der Waals surface area contributed by atoms with E-state index < -0.39 is 0 Å². The molecule has 4 rings (SSSR count). The van der Waals surface area contributed by atoms with Gasteiger partial charge in [-0.15, -0.1) is 16.4 Å². The fourth-order valence-corrected chi connectivity index (χ4v) is 4.24. The normalized spacial score (nSPS) is 12.3. The molecule has 0 aliphatic rings. The zero-order valence-corrected chi connectivity index (χ0v) is 14.5. The van der Waals surface area contributed by atoms with Gasteiger partial charge in [0.05, 0.1) is 9.55 Å². The highest BCUT2D eigenvalue weighted by atomic mass is 35.5. The summed E-state index contributed by atoms with van der Waals surface area (Å²) in [6.07, 6.45) is 1.85. The van der Waals surface area contributed by atoms with Crippen molar-refractivity contribution in [3.63, 3.8) is 0 Å². The van der Waals surface area contributed by atoms with Gasteiger partial charge in [-0.3, -0.25) is 4.79 Å². The van der Waals surface area contributed by atoms with Gasteiger partial charge in [0.1, 0.15) is 0 Å². The van der Waals surface area contributed by atoms with E-state index in [0.717, 1.165) is 4.88 Å². The first-order valence-electron chi connectivity index (χ1n) is 6.52. The minimum absolute atomic E-state index is 0.178. The molecule has 0 amide bonds. The van der Waals surface area contributed by atoms with Crippen LogP contribution in [0.25, 0.3) is 22.4 Å². The Morgan fingerprint density at radius 1 is 1.22 bits per heavy atom. The van der Waals surface area contributed by atoms with E-state index in [9.17, 15) is 4.79 Å². The zero-order valence-electron chi connectivity index (χ0n) is 11.4. The van der Waals surface area contributed by atoms with E-state index in [1.165, 1.54) is 15.9 Å². The van der Waals surface area contributed by atoms with Gasteiger partial charge in [-0.1, -0.05) is 40.6 Å². The van der Waals surface area contributed by atoms with Gasteiger partial charge in [0, 0.05) is 15.5 Å². The fourth-order valence-electron chi connectivity index (χ4n) is 2.12. The molecule has 0 N–H and O–H groups in total. The van der Waals surface area contributed by atoms with E-state index >= 15 is 0 Å². The number of aromatic nitrogens is 3. The number of hydrogen-bond acceptors (Lipinski definition) is 5. The molecule has 0 spiro atoms. The van der Waals surface area contributed by atoms with Crippen molar-refractivity contribution in [1.82, 2.24) is 14.6 Å². The Hall–Kier alpha value is -1.73. The van der Waals surface area contributed by atoms with Gasteiger partial charge in [0.25, 0.3) is 5.56 Å². The summed E-state index contributed by atoms with van der Waals surface area (Å²) < 4.78 is 1.92. The summed E-state index contributed by atoms with van der Waals surface area (Å²) in [6, 6.07) is 8.98. The summed E-state index contributed by atoms with van der Waals surface area (Å²) in [4.78, 5) is 18.4. The van der Waals surface area contributed by atoms with E-state index in [4.69, 9.17) is 23.2 Å². The Balaban J connectivity index is 1.86. The summed E-state index contributed by atoms with van der Waals surface area (Å²) in [6.45, 7) is 0. The zero-order chi connectivity index (χ0) is 16.0. The number of hydrogen-bond donors (Lipinski definition) is 0. The predicted molar refractivity (Wildman–Crippen MR) is 95.7 cm³/mol. The molecule has 0 aliphatic heterocycles. The van der Waals surface area contributed by atoms with Crippen molar-refractivity contribution in [2.24, 2.45) is 0 Å². The summed E-state index contributed by atoms with van der Waals surface area (Å²) in [5.74, 6) is 0.415. The molecule has 114 valence electrons. The maximum Gasteiger partial charge on any atom is 0.291 e. The third-order valence-electron chi connectivity index (χ3n) is 3.17. The first kappa shape index (κ1) is 14.8. The molecule has 0 aliphatic carbocycles. The van der Waals surface area contributed by atoms with Gasteiger partial charge in [0.15, 0.2) is 5.82 Å². The molecule has 0 saturated carbocycles. The molecule has 0 saturated heterocycles. The second-order valence-corrected chi connectivity index (χ2v) is 7.52. The van der Waals surface area contributed by atoms with Crippen molar-refractivity contribution in [2.45, 2.75) is 0 Å². The third-order valence-corrected chi connectivity index (χ3v) is 5.50. The topological polar surface area (TPSA) is 47.3 Å². The van der Waals surface area contributed by atoms with E-state index in [1.54, 1.807) is 29.5 Å². The second-order valence-electron chi connectivity index (χ2n) is 4.69. The van der Waals surface area contributed by atoms with E-state index in [1.807, 2.05) is 23.6 Å². The maximum absolute atomic E-state index is 12.4.